The van der Waals surface area contributed by atoms with Gasteiger partial charge in [0, 0.05) is 31.7 Å². The van der Waals surface area contributed by atoms with E-state index in [1.165, 1.54) is 36.4 Å². The number of phenolic OH excluding ortho intramolecular Hbond substituents is 1. The number of benzene rings is 4. The van der Waals surface area contributed by atoms with Crippen molar-refractivity contribution in [3.05, 3.63) is 114 Å². The molecule has 1 aliphatic heterocycles. The number of phenols is 1. The zero-order chi connectivity index (χ0) is 32.5. The lowest BCUT2D eigenvalue weighted by Gasteiger charge is -2.34. The molecule has 1 aliphatic rings. The summed E-state index contributed by atoms with van der Waals surface area (Å²) in [6.45, 7) is 1.18. The fourth-order valence-electron chi connectivity index (χ4n) is 5.40. The summed E-state index contributed by atoms with van der Waals surface area (Å²) in [4.78, 5) is 28.7. The normalized spacial score (nSPS) is 14.3. The van der Waals surface area contributed by atoms with Crippen LogP contribution in [-0.4, -0.2) is 61.1 Å². The summed E-state index contributed by atoms with van der Waals surface area (Å²) in [5.41, 5.74) is 1.21. The lowest BCUT2D eigenvalue weighted by atomic mass is 9.93. The largest absolute Gasteiger partial charge is 0.508 e. The van der Waals surface area contributed by atoms with E-state index in [0.717, 1.165) is 18.4 Å². The lowest BCUT2D eigenvalue weighted by Crippen LogP contribution is -2.51. The van der Waals surface area contributed by atoms with Crippen molar-refractivity contribution < 1.29 is 33.0 Å². The minimum Gasteiger partial charge on any atom is -0.508 e. The molecule has 1 saturated heterocycles. The van der Waals surface area contributed by atoms with E-state index in [2.05, 4.69) is 10.0 Å². The Morgan fingerprint density at radius 3 is 2.20 bits per heavy atom. The van der Waals surface area contributed by atoms with Gasteiger partial charge in [-0.3, -0.25) is 14.3 Å². The molecule has 0 spiro atoms. The fourth-order valence-corrected chi connectivity index (χ4v) is 6.47. The molecule has 10 nitrogen and oxygen atoms in total. The number of carbonyl (C=O) groups is 2. The van der Waals surface area contributed by atoms with Crippen molar-refractivity contribution >= 4 is 27.5 Å². The molecule has 1 atom stereocenters. The minimum absolute atomic E-state index is 0.0546. The van der Waals surface area contributed by atoms with Gasteiger partial charge in [-0.05, 0) is 91.4 Å². The van der Waals surface area contributed by atoms with Crippen LogP contribution in [0.2, 0.25) is 0 Å². The summed E-state index contributed by atoms with van der Waals surface area (Å²) in [6.07, 6.45) is 2.46. The number of aliphatic hydroxyl groups is 1. The van der Waals surface area contributed by atoms with Crippen molar-refractivity contribution in [1.29, 1.82) is 0 Å². The summed E-state index contributed by atoms with van der Waals surface area (Å²) >= 11 is 0. The smallest absolute Gasteiger partial charge is 0.262 e. The summed E-state index contributed by atoms with van der Waals surface area (Å²) in [7, 11) is -4.03. The first-order valence-corrected chi connectivity index (χ1v) is 16.6. The molecule has 4 aromatic carbocycles. The number of likely N-dealkylation sites (tertiary alicyclic amines) is 1. The molecule has 4 N–H and O–H groups in total. The Morgan fingerprint density at radius 1 is 0.870 bits per heavy atom. The van der Waals surface area contributed by atoms with Crippen molar-refractivity contribution in [2.45, 2.75) is 36.6 Å². The van der Waals surface area contributed by atoms with Crippen LogP contribution >= 0.6 is 0 Å². The third-order valence-electron chi connectivity index (χ3n) is 7.97. The van der Waals surface area contributed by atoms with Gasteiger partial charge in [-0.2, -0.15) is 0 Å². The highest BCUT2D eigenvalue weighted by atomic mass is 32.2. The van der Waals surface area contributed by atoms with Gasteiger partial charge in [-0.15, -0.1) is 0 Å². The molecule has 1 unspecified atom stereocenters. The Kier molecular flexibility index (Phi) is 10.6. The number of carbonyl (C=O) groups excluding carboxylic acids is 2. The summed E-state index contributed by atoms with van der Waals surface area (Å²) in [5, 5.41) is 21.8. The number of nitrogens with zero attached hydrogens (tertiary/aromatic N) is 1. The van der Waals surface area contributed by atoms with Crippen LogP contribution in [0.1, 0.15) is 35.2 Å². The maximum Gasteiger partial charge on any atom is 0.262 e. The van der Waals surface area contributed by atoms with Crippen LogP contribution in [0.3, 0.4) is 0 Å². The molecular weight excluding hydrogens is 606 g/mol. The Morgan fingerprint density at radius 2 is 1.52 bits per heavy atom. The van der Waals surface area contributed by atoms with Crippen molar-refractivity contribution in [2.24, 2.45) is 5.92 Å². The summed E-state index contributed by atoms with van der Waals surface area (Å²) in [5.74, 6) is 0.592. The van der Waals surface area contributed by atoms with Crippen LogP contribution in [0.5, 0.6) is 17.2 Å². The van der Waals surface area contributed by atoms with E-state index in [0.29, 0.717) is 36.9 Å². The number of nitrogens with one attached hydrogen (secondary N) is 2. The number of hydrogen-bond acceptors (Lipinski definition) is 7. The van der Waals surface area contributed by atoms with Gasteiger partial charge in [-0.25, -0.2) is 8.42 Å². The Balaban J connectivity index is 1.28. The van der Waals surface area contributed by atoms with E-state index in [1.807, 2.05) is 18.2 Å². The average Bonchev–Trinajstić information content (AvgIpc) is 3.07. The van der Waals surface area contributed by atoms with E-state index in [1.54, 1.807) is 53.4 Å². The maximum atomic E-state index is 13.6. The first-order valence-electron chi connectivity index (χ1n) is 15.1. The highest BCUT2D eigenvalue weighted by Crippen LogP contribution is 2.31. The maximum absolute atomic E-state index is 13.6. The van der Waals surface area contributed by atoms with Crippen LogP contribution in [0.15, 0.2) is 108 Å². The van der Waals surface area contributed by atoms with Crippen LogP contribution in [0.25, 0.3) is 0 Å². The standard InChI is InChI=1S/C35H37N3O7S/c39-23-20-25-18-21-38(22-19-25)35(42)32(24-26-10-14-28(40)15-11-26)36-34(41)27-12-16-30(17-13-27)46(43,44)37-31-8-4-5-9-33(31)45-29-6-2-1-3-7-29/h1-17,25,32,37,39-40H,18-24H2,(H,36,41). The Bertz CT molecular complexity index is 1720. The van der Waals surface area contributed by atoms with Gasteiger partial charge in [0.1, 0.15) is 17.5 Å². The van der Waals surface area contributed by atoms with Crippen LogP contribution in [0, 0.1) is 5.92 Å². The zero-order valence-electron chi connectivity index (χ0n) is 25.2. The van der Waals surface area contributed by atoms with Crippen molar-refractivity contribution in [3.8, 4) is 17.2 Å². The SMILES string of the molecule is O=C(NC(Cc1ccc(O)cc1)C(=O)N1CCC(CCO)CC1)c1ccc(S(=O)(=O)Nc2ccccc2Oc2ccccc2)cc1. The third-order valence-corrected chi connectivity index (χ3v) is 9.35. The second-order valence-corrected chi connectivity index (χ2v) is 12.9. The fraction of sp³-hybridized carbons (Fsp3) is 0.257. The van der Waals surface area contributed by atoms with Crippen molar-refractivity contribution in [2.75, 3.05) is 24.4 Å². The quantitative estimate of drug-likeness (QED) is 0.171. The number of piperidine rings is 1. The molecule has 11 heteroatoms. The van der Waals surface area contributed by atoms with E-state index in [4.69, 9.17) is 4.74 Å². The molecule has 240 valence electrons. The monoisotopic (exact) mass is 643 g/mol. The highest BCUT2D eigenvalue weighted by molar-refractivity contribution is 7.92. The number of ether oxygens (including phenoxy) is 1. The van der Waals surface area contributed by atoms with E-state index < -0.39 is 22.0 Å². The van der Waals surface area contributed by atoms with E-state index >= 15 is 0 Å². The number of hydrogen-bond donors (Lipinski definition) is 4. The van der Waals surface area contributed by atoms with E-state index in [9.17, 15) is 28.2 Å². The number of aromatic hydroxyl groups is 1. The van der Waals surface area contributed by atoms with Gasteiger partial charge in [0.15, 0.2) is 5.75 Å². The minimum atomic E-state index is -4.03. The summed E-state index contributed by atoms with van der Waals surface area (Å²) < 4.78 is 35.0. The molecule has 46 heavy (non-hydrogen) atoms. The van der Waals surface area contributed by atoms with Crippen LogP contribution in [0.4, 0.5) is 5.69 Å². The molecule has 2 amide bonds. The van der Waals surface area contributed by atoms with Gasteiger partial charge < -0.3 is 25.2 Å². The average molecular weight is 644 g/mol. The van der Waals surface area contributed by atoms with Crippen LogP contribution in [-0.2, 0) is 21.2 Å². The molecular formula is C35H37N3O7S. The molecule has 5 rings (SSSR count). The number of aliphatic hydroxyl groups excluding tert-OH is 1. The third kappa shape index (κ3) is 8.43. The number of amides is 2. The zero-order valence-corrected chi connectivity index (χ0v) is 26.0. The Hall–Kier alpha value is -4.87. The molecule has 0 radical (unpaired) electrons. The first-order chi connectivity index (χ1) is 22.2. The van der Waals surface area contributed by atoms with Gasteiger partial charge >= 0.3 is 0 Å². The van der Waals surface area contributed by atoms with Gasteiger partial charge in [0.25, 0.3) is 15.9 Å². The second kappa shape index (κ2) is 14.9. The molecule has 4 aromatic rings. The predicted molar refractivity (Wildman–Crippen MR) is 174 cm³/mol. The van der Waals surface area contributed by atoms with Crippen molar-refractivity contribution in [1.82, 2.24) is 10.2 Å². The second-order valence-electron chi connectivity index (χ2n) is 11.2. The molecule has 0 aromatic heterocycles. The number of sulfonamides is 1. The van der Waals surface area contributed by atoms with Gasteiger partial charge in [0.2, 0.25) is 5.91 Å². The molecule has 1 fully saturated rings. The molecule has 0 bridgehead atoms. The number of rotatable bonds is 12. The number of para-hydroxylation sites is 3. The van der Waals surface area contributed by atoms with Crippen LogP contribution < -0.4 is 14.8 Å². The predicted octanol–water partition coefficient (Wildman–Crippen LogP) is 4.95. The number of anilines is 1. The highest BCUT2D eigenvalue weighted by Gasteiger charge is 2.30. The van der Waals surface area contributed by atoms with E-state index in [-0.39, 0.29) is 40.8 Å². The van der Waals surface area contributed by atoms with Crippen molar-refractivity contribution in [3.63, 3.8) is 0 Å². The molecule has 0 aliphatic carbocycles. The first kappa shape index (κ1) is 32.5. The Labute approximate surface area is 268 Å². The summed E-state index contributed by atoms with van der Waals surface area (Å²) in [6, 6.07) is 26.7. The molecule has 1 heterocycles. The van der Waals surface area contributed by atoms with Gasteiger partial charge in [0.05, 0.1) is 10.6 Å². The van der Waals surface area contributed by atoms with Gasteiger partial charge in [-0.1, -0.05) is 42.5 Å². The molecule has 0 saturated carbocycles. The lowest BCUT2D eigenvalue weighted by molar-refractivity contribution is -0.134. The topological polar surface area (TPSA) is 145 Å².